The van der Waals surface area contributed by atoms with Crippen molar-refractivity contribution in [1.29, 1.82) is 0 Å². The average Bonchev–Trinajstić information content (AvgIpc) is 2.87. The van der Waals surface area contributed by atoms with Crippen LogP contribution in [0, 0.1) is 6.92 Å². The maximum Gasteiger partial charge on any atom is 0.0265 e. The first-order valence-electron chi connectivity index (χ1n) is 5.33. The van der Waals surface area contributed by atoms with Gasteiger partial charge in [-0.3, -0.25) is 0 Å². The van der Waals surface area contributed by atoms with Crippen molar-refractivity contribution in [3.63, 3.8) is 0 Å². The maximum absolute atomic E-state index is 3.79. The van der Waals surface area contributed by atoms with Crippen molar-refractivity contribution in [3.8, 4) is 0 Å². The Bertz CT molecular complexity index is 515. The second-order valence-electron chi connectivity index (χ2n) is 3.78. The zero-order valence-corrected chi connectivity index (χ0v) is 9.56. The number of aromatic nitrogens is 2. The van der Waals surface area contributed by atoms with Crippen LogP contribution in [0.15, 0.2) is 43.8 Å². The normalized spacial score (nSPS) is 10.3. The van der Waals surface area contributed by atoms with Gasteiger partial charge in [0.25, 0.3) is 0 Å². The first-order valence-corrected chi connectivity index (χ1v) is 5.33. The predicted octanol–water partition coefficient (Wildman–Crippen LogP) is 3.39. The standard InChI is InChI=1S/C14H16N2/c1-4-15-10-8-13(12(15)3)11-14-7-6-9-16(14)5-2/h4-10H,1-2,11H2,3H3. The van der Waals surface area contributed by atoms with E-state index in [4.69, 9.17) is 0 Å². The summed E-state index contributed by atoms with van der Waals surface area (Å²) >= 11 is 0. The smallest absolute Gasteiger partial charge is 0.0265 e. The monoisotopic (exact) mass is 212 g/mol. The van der Waals surface area contributed by atoms with Gasteiger partial charge in [0.15, 0.2) is 0 Å². The Morgan fingerprint density at radius 3 is 2.50 bits per heavy atom. The topological polar surface area (TPSA) is 9.86 Å². The van der Waals surface area contributed by atoms with Crippen LogP contribution in [0.5, 0.6) is 0 Å². The quantitative estimate of drug-likeness (QED) is 0.735. The van der Waals surface area contributed by atoms with Gasteiger partial charge in [-0.25, -0.2) is 0 Å². The van der Waals surface area contributed by atoms with E-state index in [2.05, 4.69) is 32.2 Å². The summed E-state index contributed by atoms with van der Waals surface area (Å²) in [4.78, 5) is 0. The van der Waals surface area contributed by atoms with E-state index in [1.54, 1.807) is 0 Å². The summed E-state index contributed by atoms with van der Waals surface area (Å²) in [5, 5.41) is 0. The van der Waals surface area contributed by atoms with Gasteiger partial charge in [0, 0.05) is 42.6 Å². The summed E-state index contributed by atoms with van der Waals surface area (Å²) in [6, 6.07) is 6.29. The lowest BCUT2D eigenvalue weighted by Gasteiger charge is -2.04. The fraction of sp³-hybridized carbons (Fsp3) is 0.143. The van der Waals surface area contributed by atoms with Crippen molar-refractivity contribution in [3.05, 3.63) is 60.7 Å². The molecule has 0 saturated heterocycles. The van der Waals surface area contributed by atoms with E-state index in [1.165, 1.54) is 17.0 Å². The van der Waals surface area contributed by atoms with E-state index in [1.807, 2.05) is 40.0 Å². The minimum absolute atomic E-state index is 0.922. The third-order valence-corrected chi connectivity index (χ3v) is 2.92. The molecule has 0 aliphatic rings. The molecule has 0 spiro atoms. The molecule has 0 aromatic carbocycles. The van der Waals surface area contributed by atoms with E-state index < -0.39 is 0 Å². The van der Waals surface area contributed by atoms with Crippen LogP contribution in [-0.2, 0) is 6.42 Å². The van der Waals surface area contributed by atoms with E-state index in [-0.39, 0.29) is 0 Å². The van der Waals surface area contributed by atoms with Crippen LogP contribution in [-0.4, -0.2) is 9.13 Å². The van der Waals surface area contributed by atoms with Crippen LogP contribution in [0.3, 0.4) is 0 Å². The number of hydrogen-bond acceptors (Lipinski definition) is 0. The molecule has 2 rings (SSSR count). The van der Waals surface area contributed by atoms with Crippen LogP contribution in [0.1, 0.15) is 17.0 Å². The van der Waals surface area contributed by atoms with Gasteiger partial charge in [-0.1, -0.05) is 13.2 Å². The Morgan fingerprint density at radius 2 is 1.88 bits per heavy atom. The lowest BCUT2D eigenvalue weighted by molar-refractivity contribution is 0.984. The molecule has 2 heterocycles. The van der Waals surface area contributed by atoms with Gasteiger partial charge >= 0.3 is 0 Å². The van der Waals surface area contributed by atoms with Crippen LogP contribution in [0.25, 0.3) is 12.4 Å². The molecule has 2 aromatic rings. The van der Waals surface area contributed by atoms with Crippen molar-refractivity contribution in [2.45, 2.75) is 13.3 Å². The molecule has 0 N–H and O–H groups in total. The number of rotatable bonds is 4. The van der Waals surface area contributed by atoms with Gasteiger partial charge in [0.2, 0.25) is 0 Å². The molecule has 0 fully saturated rings. The largest absolute Gasteiger partial charge is 0.328 e. The zero-order chi connectivity index (χ0) is 11.5. The predicted molar refractivity (Wildman–Crippen MR) is 69.2 cm³/mol. The molecule has 0 radical (unpaired) electrons. The second-order valence-corrected chi connectivity index (χ2v) is 3.78. The van der Waals surface area contributed by atoms with Crippen LogP contribution < -0.4 is 0 Å². The highest BCUT2D eigenvalue weighted by Gasteiger charge is 2.05. The van der Waals surface area contributed by atoms with E-state index in [0.717, 1.165) is 6.42 Å². The summed E-state index contributed by atoms with van der Waals surface area (Å²) in [5.41, 5.74) is 3.81. The zero-order valence-electron chi connectivity index (χ0n) is 9.56. The van der Waals surface area contributed by atoms with Crippen molar-refractivity contribution in [2.24, 2.45) is 0 Å². The van der Waals surface area contributed by atoms with Gasteiger partial charge < -0.3 is 9.13 Å². The van der Waals surface area contributed by atoms with Crippen LogP contribution in [0.4, 0.5) is 0 Å². The van der Waals surface area contributed by atoms with Gasteiger partial charge in [0.1, 0.15) is 0 Å². The highest BCUT2D eigenvalue weighted by atomic mass is 15.0. The first kappa shape index (κ1) is 10.6. The molecule has 0 amide bonds. The summed E-state index contributed by atoms with van der Waals surface area (Å²) in [6.07, 6.45) is 8.63. The van der Waals surface area contributed by atoms with E-state index in [9.17, 15) is 0 Å². The maximum atomic E-state index is 3.79. The number of hydrogen-bond donors (Lipinski definition) is 0. The molecule has 0 aliphatic heterocycles. The van der Waals surface area contributed by atoms with Crippen molar-refractivity contribution < 1.29 is 0 Å². The van der Waals surface area contributed by atoms with Crippen molar-refractivity contribution in [1.82, 2.24) is 9.13 Å². The van der Waals surface area contributed by atoms with Gasteiger partial charge in [-0.2, -0.15) is 0 Å². The van der Waals surface area contributed by atoms with Crippen LogP contribution in [0.2, 0.25) is 0 Å². The van der Waals surface area contributed by atoms with Gasteiger partial charge in [-0.15, -0.1) is 0 Å². The van der Waals surface area contributed by atoms with Crippen molar-refractivity contribution in [2.75, 3.05) is 0 Å². The van der Waals surface area contributed by atoms with Crippen molar-refractivity contribution >= 4 is 12.4 Å². The average molecular weight is 212 g/mol. The minimum Gasteiger partial charge on any atom is -0.328 e. The molecule has 82 valence electrons. The Labute approximate surface area is 96.1 Å². The van der Waals surface area contributed by atoms with Gasteiger partial charge in [0.05, 0.1) is 0 Å². The molecule has 2 heteroatoms. The Kier molecular flexibility index (Phi) is 2.82. The molecule has 16 heavy (non-hydrogen) atoms. The highest BCUT2D eigenvalue weighted by molar-refractivity contribution is 5.35. The fourth-order valence-corrected chi connectivity index (χ4v) is 1.91. The molecule has 0 atom stereocenters. The number of nitrogens with zero attached hydrogens (tertiary/aromatic N) is 2. The van der Waals surface area contributed by atoms with Crippen LogP contribution >= 0.6 is 0 Å². The Balaban J connectivity index is 2.30. The molecule has 2 aromatic heterocycles. The lowest BCUT2D eigenvalue weighted by Crippen LogP contribution is -1.96. The molecule has 0 saturated carbocycles. The first-order chi connectivity index (χ1) is 7.76. The second kappa shape index (κ2) is 4.27. The summed E-state index contributed by atoms with van der Waals surface area (Å²) < 4.78 is 4.08. The SMILES string of the molecule is C=Cn1cccc1Cc1ccn(C=C)c1C. The summed E-state index contributed by atoms with van der Waals surface area (Å²) in [5.74, 6) is 0. The lowest BCUT2D eigenvalue weighted by atomic mass is 10.1. The minimum atomic E-state index is 0.922. The highest BCUT2D eigenvalue weighted by Crippen LogP contribution is 2.16. The Morgan fingerprint density at radius 1 is 1.12 bits per heavy atom. The Hall–Kier alpha value is -1.96. The molecule has 2 nitrogen and oxygen atoms in total. The molecule has 0 aliphatic carbocycles. The molecule has 0 unspecified atom stereocenters. The third kappa shape index (κ3) is 1.74. The van der Waals surface area contributed by atoms with E-state index in [0.29, 0.717) is 0 Å². The van der Waals surface area contributed by atoms with Gasteiger partial charge in [-0.05, 0) is 30.7 Å². The molecular formula is C14H16N2. The summed E-state index contributed by atoms with van der Waals surface area (Å²) in [6.45, 7) is 9.68. The van der Waals surface area contributed by atoms with E-state index >= 15 is 0 Å². The molecular weight excluding hydrogens is 196 g/mol. The fourth-order valence-electron chi connectivity index (χ4n) is 1.91. The third-order valence-electron chi connectivity index (χ3n) is 2.92. The molecule has 0 bridgehead atoms. The summed E-state index contributed by atoms with van der Waals surface area (Å²) in [7, 11) is 0.